The first-order valence-electron chi connectivity index (χ1n) is 4.65. The molecule has 0 aliphatic heterocycles. The zero-order chi connectivity index (χ0) is 14.1. The molecule has 0 amide bonds. The molecule has 0 aliphatic rings. The van der Waals surface area contributed by atoms with Crippen LogP contribution in [0.1, 0.15) is 0 Å². The molecule has 0 saturated heterocycles. The number of nitrogens with two attached hydrogens (primary N) is 1. The van der Waals surface area contributed by atoms with Crippen LogP contribution >= 0.6 is 11.6 Å². The molecule has 0 atom stereocenters. The molecule has 0 aromatic heterocycles. The van der Waals surface area contributed by atoms with Crippen LogP contribution in [-0.2, 0) is 10.0 Å². The maximum absolute atomic E-state index is 13.6. The van der Waals surface area contributed by atoms with Gasteiger partial charge in [-0.3, -0.25) is 0 Å². The third-order valence-electron chi connectivity index (χ3n) is 2.12. The van der Waals surface area contributed by atoms with Gasteiger partial charge in [-0.2, -0.15) is 4.31 Å². The number of anilines is 1. The van der Waals surface area contributed by atoms with Crippen LogP contribution in [0.2, 0.25) is 5.02 Å². The van der Waals surface area contributed by atoms with Crippen LogP contribution in [0.5, 0.6) is 0 Å². The van der Waals surface area contributed by atoms with E-state index in [9.17, 15) is 21.6 Å². The number of nitrogen functional groups attached to an aromatic ring is 1. The van der Waals surface area contributed by atoms with Gasteiger partial charge >= 0.3 is 0 Å². The van der Waals surface area contributed by atoms with Crippen molar-refractivity contribution in [2.45, 2.75) is 11.3 Å². The van der Waals surface area contributed by atoms with Crippen molar-refractivity contribution in [1.82, 2.24) is 4.31 Å². The molecule has 0 heterocycles. The summed E-state index contributed by atoms with van der Waals surface area (Å²) in [6.07, 6.45) is -2.87. The van der Waals surface area contributed by atoms with Crippen LogP contribution in [0.15, 0.2) is 17.0 Å². The van der Waals surface area contributed by atoms with Crippen molar-refractivity contribution >= 4 is 27.3 Å². The summed E-state index contributed by atoms with van der Waals surface area (Å²) in [5, 5.41) is -0.0991. The molecule has 0 fully saturated rings. The van der Waals surface area contributed by atoms with Crippen LogP contribution in [0.25, 0.3) is 0 Å². The first-order chi connectivity index (χ1) is 8.16. The van der Waals surface area contributed by atoms with Gasteiger partial charge in [0.25, 0.3) is 6.43 Å². The molecule has 2 N–H and O–H groups in total. The number of hydrogen-bond donors (Lipinski definition) is 1. The summed E-state index contributed by atoms with van der Waals surface area (Å²) in [6.45, 7) is -1.05. The Kier molecular flexibility index (Phi) is 4.46. The van der Waals surface area contributed by atoms with Crippen LogP contribution in [0.4, 0.5) is 18.9 Å². The van der Waals surface area contributed by atoms with Crippen molar-refractivity contribution < 1.29 is 21.6 Å². The lowest BCUT2D eigenvalue weighted by Crippen LogP contribution is -2.32. The lowest BCUT2D eigenvalue weighted by atomic mass is 10.3. The number of halogens is 4. The Bertz CT molecular complexity index is 551. The van der Waals surface area contributed by atoms with Gasteiger partial charge in [0.15, 0.2) is 5.82 Å². The molecule has 1 aromatic rings. The predicted molar refractivity (Wildman–Crippen MR) is 61.6 cm³/mol. The molecule has 1 rings (SSSR count). The second kappa shape index (κ2) is 5.33. The summed E-state index contributed by atoms with van der Waals surface area (Å²) in [7, 11) is -3.48. The van der Waals surface area contributed by atoms with E-state index in [1.54, 1.807) is 0 Å². The Morgan fingerprint density at radius 1 is 1.44 bits per heavy atom. The first kappa shape index (κ1) is 15.1. The summed E-state index contributed by atoms with van der Waals surface area (Å²) >= 11 is 5.56. The standard InChI is InChI=1S/C9H10ClF3N2O2S/c1-15(4-8(11)12)18(16,17)7-3-5(10)2-6(14)9(7)13/h2-3,8H,4,14H2,1H3. The summed E-state index contributed by atoms with van der Waals surface area (Å²) in [5.74, 6) is -1.21. The number of alkyl halides is 2. The molecule has 0 unspecified atom stereocenters. The van der Waals surface area contributed by atoms with E-state index in [2.05, 4.69) is 0 Å². The minimum atomic E-state index is -4.40. The second-order valence-electron chi connectivity index (χ2n) is 3.48. The van der Waals surface area contributed by atoms with Crippen molar-refractivity contribution in [3.8, 4) is 0 Å². The van der Waals surface area contributed by atoms with E-state index in [1.807, 2.05) is 0 Å². The van der Waals surface area contributed by atoms with Crippen LogP contribution in [-0.4, -0.2) is 32.7 Å². The number of sulfonamides is 1. The third kappa shape index (κ3) is 3.06. The monoisotopic (exact) mass is 302 g/mol. The van der Waals surface area contributed by atoms with E-state index in [4.69, 9.17) is 17.3 Å². The fraction of sp³-hybridized carbons (Fsp3) is 0.333. The fourth-order valence-electron chi connectivity index (χ4n) is 1.23. The maximum atomic E-state index is 13.6. The molecule has 0 spiro atoms. The van der Waals surface area contributed by atoms with Crippen molar-refractivity contribution in [3.05, 3.63) is 23.0 Å². The average molecular weight is 303 g/mol. The predicted octanol–water partition coefficient (Wildman–Crippen LogP) is 1.95. The van der Waals surface area contributed by atoms with E-state index in [-0.39, 0.29) is 5.02 Å². The van der Waals surface area contributed by atoms with Crippen LogP contribution in [0.3, 0.4) is 0 Å². The van der Waals surface area contributed by atoms with Gasteiger partial charge in [-0.05, 0) is 12.1 Å². The van der Waals surface area contributed by atoms with E-state index in [0.29, 0.717) is 4.31 Å². The van der Waals surface area contributed by atoms with Crippen molar-refractivity contribution in [1.29, 1.82) is 0 Å². The SMILES string of the molecule is CN(CC(F)F)S(=O)(=O)c1cc(Cl)cc(N)c1F. The lowest BCUT2D eigenvalue weighted by Gasteiger charge is -2.17. The molecule has 9 heteroatoms. The zero-order valence-electron chi connectivity index (χ0n) is 9.20. The van der Waals surface area contributed by atoms with E-state index in [1.165, 1.54) is 0 Å². The van der Waals surface area contributed by atoms with Crippen molar-refractivity contribution in [3.63, 3.8) is 0 Å². The Morgan fingerprint density at radius 3 is 2.50 bits per heavy atom. The minimum Gasteiger partial charge on any atom is -0.396 e. The van der Waals surface area contributed by atoms with E-state index < -0.39 is 39.4 Å². The van der Waals surface area contributed by atoms with E-state index in [0.717, 1.165) is 19.2 Å². The van der Waals surface area contributed by atoms with Gasteiger partial charge < -0.3 is 5.73 Å². The molecular weight excluding hydrogens is 293 g/mol. The molecule has 1 aromatic carbocycles. The van der Waals surface area contributed by atoms with E-state index >= 15 is 0 Å². The van der Waals surface area contributed by atoms with Crippen molar-refractivity contribution in [2.75, 3.05) is 19.3 Å². The van der Waals surface area contributed by atoms with Gasteiger partial charge in [0.1, 0.15) is 4.90 Å². The molecule has 0 saturated carbocycles. The normalized spacial score (nSPS) is 12.4. The van der Waals surface area contributed by atoms with Gasteiger partial charge in [-0.25, -0.2) is 21.6 Å². The number of rotatable bonds is 4. The highest BCUT2D eigenvalue weighted by molar-refractivity contribution is 7.89. The summed E-state index contributed by atoms with van der Waals surface area (Å²) in [6, 6.07) is 1.85. The third-order valence-corrected chi connectivity index (χ3v) is 4.16. The topological polar surface area (TPSA) is 63.4 Å². The zero-order valence-corrected chi connectivity index (χ0v) is 10.8. The molecule has 18 heavy (non-hydrogen) atoms. The van der Waals surface area contributed by atoms with Crippen molar-refractivity contribution in [2.24, 2.45) is 0 Å². The summed E-state index contributed by atoms with van der Waals surface area (Å²) in [5.41, 5.74) is 4.76. The largest absolute Gasteiger partial charge is 0.396 e. The van der Waals surface area contributed by atoms with Gasteiger partial charge in [-0.1, -0.05) is 11.6 Å². The Hall–Kier alpha value is -0.990. The molecule has 0 radical (unpaired) electrons. The molecule has 102 valence electrons. The maximum Gasteiger partial charge on any atom is 0.252 e. The van der Waals surface area contributed by atoms with Gasteiger partial charge in [0.2, 0.25) is 10.0 Å². The average Bonchev–Trinajstić information content (AvgIpc) is 2.22. The van der Waals surface area contributed by atoms with Crippen LogP contribution < -0.4 is 5.73 Å². The van der Waals surface area contributed by atoms with Gasteiger partial charge in [-0.15, -0.1) is 0 Å². The number of nitrogens with zero attached hydrogens (tertiary/aromatic N) is 1. The first-order valence-corrected chi connectivity index (χ1v) is 6.47. The Labute approximate surface area is 107 Å². The Morgan fingerprint density at radius 2 is 2.00 bits per heavy atom. The second-order valence-corrected chi connectivity index (χ2v) is 5.93. The smallest absolute Gasteiger partial charge is 0.252 e. The van der Waals surface area contributed by atoms with Gasteiger partial charge in [0, 0.05) is 12.1 Å². The highest BCUT2D eigenvalue weighted by atomic mass is 35.5. The molecule has 0 aliphatic carbocycles. The highest BCUT2D eigenvalue weighted by Gasteiger charge is 2.28. The molecule has 0 bridgehead atoms. The number of benzene rings is 1. The van der Waals surface area contributed by atoms with Crippen LogP contribution in [0, 0.1) is 5.82 Å². The van der Waals surface area contributed by atoms with Gasteiger partial charge in [0.05, 0.1) is 12.2 Å². The minimum absolute atomic E-state index is 0.0991. The molecule has 4 nitrogen and oxygen atoms in total. The summed E-state index contributed by atoms with van der Waals surface area (Å²) < 4.78 is 61.9. The molecular formula is C9H10ClF3N2O2S. The lowest BCUT2D eigenvalue weighted by molar-refractivity contribution is 0.126. The summed E-state index contributed by atoms with van der Waals surface area (Å²) in [4.78, 5) is -0.823. The quantitative estimate of drug-likeness (QED) is 0.865. The Balaban J connectivity index is 3.29. The highest BCUT2D eigenvalue weighted by Crippen LogP contribution is 2.27. The fourth-order valence-corrected chi connectivity index (χ4v) is 2.79. The number of hydrogen-bond acceptors (Lipinski definition) is 3.